The smallest absolute Gasteiger partial charge is 0.335 e. The number of hydrogen-bond donors (Lipinski definition) is 1. The van der Waals surface area contributed by atoms with E-state index in [4.69, 9.17) is 0 Å². The molecule has 0 fully saturated rings. The van der Waals surface area contributed by atoms with Crippen LogP contribution in [0.25, 0.3) is 0 Å². The number of amides is 1. The van der Waals surface area contributed by atoms with Crippen molar-refractivity contribution in [1.29, 1.82) is 0 Å². The van der Waals surface area contributed by atoms with Crippen LogP contribution in [0.1, 0.15) is 20.7 Å². The van der Waals surface area contributed by atoms with Gasteiger partial charge in [-0.3, -0.25) is 9.69 Å². The van der Waals surface area contributed by atoms with Crippen molar-refractivity contribution in [3.63, 3.8) is 0 Å². The molecule has 0 bridgehead atoms. The van der Waals surface area contributed by atoms with Gasteiger partial charge in [0, 0.05) is 54.9 Å². The molecule has 158 valence electrons. The molecule has 6 nitrogen and oxygen atoms in total. The lowest BCUT2D eigenvalue weighted by Crippen LogP contribution is -2.29. The van der Waals surface area contributed by atoms with Gasteiger partial charge in [0.1, 0.15) is 0 Å². The summed E-state index contributed by atoms with van der Waals surface area (Å²) < 4.78 is 0. The molecule has 0 radical (unpaired) electrons. The number of carbonyl (C=O) groups is 2. The highest BCUT2D eigenvalue weighted by Gasteiger charge is 2.30. The van der Waals surface area contributed by atoms with E-state index < -0.39 is 5.97 Å². The van der Waals surface area contributed by atoms with Crippen LogP contribution in [0.15, 0.2) is 70.5 Å². The zero-order chi connectivity index (χ0) is 22.3. The lowest BCUT2D eigenvalue weighted by atomic mass is 10.1. The Kier molecular flexibility index (Phi) is 5.37. The first kappa shape index (κ1) is 20.8. The summed E-state index contributed by atoms with van der Waals surface area (Å²) in [5.74, 6) is -1.32. The van der Waals surface area contributed by atoms with Gasteiger partial charge in [0.2, 0.25) is 0 Å². The Labute approximate surface area is 185 Å². The van der Waals surface area contributed by atoms with E-state index >= 15 is 0 Å². The second-order valence-electron chi connectivity index (χ2n) is 7.72. The highest BCUT2D eigenvalue weighted by Crippen LogP contribution is 2.50. The summed E-state index contributed by atoms with van der Waals surface area (Å²) in [4.78, 5) is 32.7. The fourth-order valence-electron chi connectivity index (χ4n) is 3.48. The Morgan fingerprint density at radius 2 is 1.29 bits per heavy atom. The minimum Gasteiger partial charge on any atom is -0.478 e. The molecule has 0 spiro atoms. The number of carboxylic acids is 1. The molecule has 7 heteroatoms. The van der Waals surface area contributed by atoms with Gasteiger partial charge in [0.15, 0.2) is 0 Å². The zero-order valence-corrected chi connectivity index (χ0v) is 18.6. The van der Waals surface area contributed by atoms with Crippen molar-refractivity contribution in [2.75, 3.05) is 42.9 Å². The van der Waals surface area contributed by atoms with E-state index in [1.165, 1.54) is 12.1 Å². The molecule has 1 aliphatic heterocycles. The number of carboxylic acid groups (broad SMARTS) is 1. The standard InChI is InChI=1S/C24H23N3O3S/c1-25(2)17-8-10-19-21(13-17)31-22-14-18(26(3)4)9-11-20(22)27(19)23(28)15-6-5-7-16(12-15)24(29)30/h5-14H,1-4H3,(H,29,30). The highest BCUT2D eigenvalue weighted by molar-refractivity contribution is 7.99. The molecule has 31 heavy (non-hydrogen) atoms. The van der Waals surface area contributed by atoms with Crippen molar-refractivity contribution >= 4 is 46.4 Å². The summed E-state index contributed by atoms with van der Waals surface area (Å²) in [6, 6.07) is 18.1. The minimum atomic E-state index is -1.06. The maximum absolute atomic E-state index is 13.6. The first-order valence-electron chi connectivity index (χ1n) is 9.74. The fraction of sp³-hybridized carbons (Fsp3) is 0.167. The van der Waals surface area contributed by atoms with Gasteiger partial charge in [0.25, 0.3) is 5.91 Å². The van der Waals surface area contributed by atoms with E-state index in [-0.39, 0.29) is 11.5 Å². The number of rotatable bonds is 4. The van der Waals surface area contributed by atoms with Crippen molar-refractivity contribution < 1.29 is 14.7 Å². The zero-order valence-electron chi connectivity index (χ0n) is 17.8. The van der Waals surface area contributed by atoms with E-state index in [0.717, 1.165) is 32.5 Å². The van der Waals surface area contributed by atoms with Gasteiger partial charge in [-0.2, -0.15) is 0 Å². The molecule has 3 aromatic carbocycles. The summed E-state index contributed by atoms with van der Waals surface area (Å²) in [7, 11) is 7.92. The van der Waals surface area contributed by atoms with Crippen LogP contribution < -0.4 is 14.7 Å². The molecular formula is C24H23N3O3S. The summed E-state index contributed by atoms with van der Waals surface area (Å²) in [6.07, 6.45) is 0. The van der Waals surface area contributed by atoms with Crippen LogP contribution in [0.3, 0.4) is 0 Å². The maximum atomic E-state index is 13.6. The molecule has 0 saturated carbocycles. The second-order valence-corrected chi connectivity index (χ2v) is 8.81. The van der Waals surface area contributed by atoms with Gasteiger partial charge in [-0.05, 0) is 54.6 Å². The van der Waals surface area contributed by atoms with Crippen molar-refractivity contribution in [2.45, 2.75) is 9.79 Å². The molecule has 1 heterocycles. The Hall–Kier alpha value is -3.45. The number of carbonyl (C=O) groups excluding carboxylic acids is 1. The first-order chi connectivity index (χ1) is 14.8. The fourth-order valence-corrected chi connectivity index (χ4v) is 4.60. The second kappa shape index (κ2) is 8.00. The third-order valence-corrected chi connectivity index (χ3v) is 6.27. The van der Waals surface area contributed by atoms with E-state index in [1.807, 2.05) is 62.3 Å². The number of aromatic carboxylic acids is 1. The SMILES string of the molecule is CN(C)c1ccc2c(c1)Sc1cc(N(C)C)ccc1N2C(=O)c1cccc(C(=O)O)c1. The molecule has 0 aromatic heterocycles. The van der Waals surface area contributed by atoms with E-state index in [9.17, 15) is 14.7 Å². The van der Waals surface area contributed by atoms with Gasteiger partial charge in [-0.15, -0.1) is 0 Å². The molecule has 3 aromatic rings. The highest BCUT2D eigenvalue weighted by atomic mass is 32.2. The first-order valence-corrected chi connectivity index (χ1v) is 10.6. The lowest BCUT2D eigenvalue weighted by molar-refractivity contribution is 0.0697. The van der Waals surface area contributed by atoms with E-state index in [2.05, 4.69) is 12.1 Å². The molecule has 4 rings (SSSR count). The summed E-state index contributed by atoms with van der Waals surface area (Å²) in [6.45, 7) is 0. The molecular weight excluding hydrogens is 410 g/mol. The third kappa shape index (κ3) is 3.84. The number of nitrogens with zero attached hydrogens (tertiary/aromatic N) is 3. The van der Waals surface area contributed by atoms with Crippen LogP contribution >= 0.6 is 11.8 Å². The van der Waals surface area contributed by atoms with Crippen LogP contribution in [0.4, 0.5) is 22.7 Å². The number of anilines is 4. The quantitative estimate of drug-likeness (QED) is 0.627. The molecule has 0 aliphatic carbocycles. The maximum Gasteiger partial charge on any atom is 0.335 e. The van der Waals surface area contributed by atoms with Gasteiger partial charge in [-0.1, -0.05) is 17.8 Å². The Morgan fingerprint density at radius 1 is 0.774 bits per heavy atom. The lowest BCUT2D eigenvalue weighted by Gasteiger charge is -2.32. The largest absolute Gasteiger partial charge is 0.478 e. The summed E-state index contributed by atoms with van der Waals surface area (Å²) in [5, 5.41) is 9.34. The monoisotopic (exact) mass is 433 g/mol. The van der Waals surface area contributed by atoms with Gasteiger partial charge in [0.05, 0.1) is 16.9 Å². The molecule has 0 saturated heterocycles. The average molecular weight is 434 g/mol. The minimum absolute atomic E-state index is 0.0867. The van der Waals surface area contributed by atoms with Gasteiger partial charge in [-0.25, -0.2) is 4.79 Å². The van der Waals surface area contributed by atoms with Crippen LogP contribution in [0.2, 0.25) is 0 Å². The van der Waals surface area contributed by atoms with Crippen molar-refractivity contribution in [1.82, 2.24) is 0 Å². The predicted molar refractivity (Wildman–Crippen MR) is 126 cm³/mol. The average Bonchev–Trinajstić information content (AvgIpc) is 2.76. The number of hydrogen-bond acceptors (Lipinski definition) is 5. The Bertz CT molecular complexity index is 1130. The summed E-state index contributed by atoms with van der Waals surface area (Å²) in [5.41, 5.74) is 4.07. The van der Waals surface area contributed by atoms with Crippen LogP contribution in [0.5, 0.6) is 0 Å². The predicted octanol–water partition coefficient (Wildman–Crippen LogP) is 4.96. The normalized spacial score (nSPS) is 12.1. The van der Waals surface area contributed by atoms with E-state index in [1.54, 1.807) is 28.8 Å². The molecule has 1 aliphatic rings. The number of fused-ring (bicyclic) bond motifs is 2. The van der Waals surface area contributed by atoms with Crippen molar-refractivity contribution in [3.05, 3.63) is 71.8 Å². The molecule has 0 unspecified atom stereocenters. The molecule has 0 atom stereocenters. The molecule has 1 amide bonds. The van der Waals surface area contributed by atoms with Crippen LogP contribution in [-0.2, 0) is 0 Å². The Morgan fingerprint density at radius 3 is 1.77 bits per heavy atom. The topological polar surface area (TPSA) is 64.1 Å². The van der Waals surface area contributed by atoms with E-state index in [0.29, 0.717) is 5.56 Å². The third-order valence-electron chi connectivity index (χ3n) is 5.18. The summed E-state index contributed by atoms with van der Waals surface area (Å²) >= 11 is 1.63. The Balaban J connectivity index is 1.88. The van der Waals surface area contributed by atoms with Gasteiger partial charge < -0.3 is 14.9 Å². The molecule has 1 N–H and O–H groups in total. The van der Waals surface area contributed by atoms with Crippen molar-refractivity contribution in [2.24, 2.45) is 0 Å². The van der Waals surface area contributed by atoms with Gasteiger partial charge >= 0.3 is 5.97 Å². The van der Waals surface area contributed by atoms with Crippen molar-refractivity contribution in [3.8, 4) is 0 Å². The number of benzene rings is 3. The van der Waals surface area contributed by atoms with Crippen LogP contribution in [0, 0.1) is 0 Å². The van der Waals surface area contributed by atoms with Crippen LogP contribution in [-0.4, -0.2) is 45.2 Å².